The molecular formula is C12H16F2N2. The maximum Gasteiger partial charge on any atom is 0.168 e. The molecule has 0 aromatic carbocycles. The summed E-state index contributed by atoms with van der Waals surface area (Å²) >= 11 is 0. The van der Waals surface area contributed by atoms with Gasteiger partial charge >= 0.3 is 0 Å². The van der Waals surface area contributed by atoms with Crippen LogP contribution in [0.2, 0.25) is 0 Å². The number of nitrogens with one attached hydrogen (secondary N) is 1. The lowest BCUT2D eigenvalue weighted by Gasteiger charge is -2.27. The number of pyridine rings is 1. The molecule has 4 heteroatoms. The van der Waals surface area contributed by atoms with Crippen LogP contribution in [0, 0.1) is 17.6 Å². The van der Waals surface area contributed by atoms with Crippen LogP contribution in [0.4, 0.5) is 14.6 Å². The molecule has 2 nitrogen and oxygen atoms in total. The number of anilines is 1. The van der Waals surface area contributed by atoms with Gasteiger partial charge in [0.2, 0.25) is 0 Å². The molecule has 0 saturated heterocycles. The summed E-state index contributed by atoms with van der Waals surface area (Å²) in [5.41, 5.74) is 0. The highest BCUT2D eigenvalue weighted by atomic mass is 19.1. The zero-order valence-electron chi connectivity index (χ0n) is 9.34. The number of hydrogen-bond donors (Lipinski definition) is 1. The van der Waals surface area contributed by atoms with E-state index in [1.165, 1.54) is 6.42 Å². The zero-order valence-corrected chi connectivity index (χ0v) is 9.34. The monoisotopic (exact) mass is 226 g/mol. The van der Waals surface area contributed by atoms with Crippen molar-refractivity contribution in [3.8, 4) is 0 Å². The SMILES string of the molecule is CC1CCCC(Nc2ncc(F)cc2F)C1. The second-order valence-corrected chi connectivity index (χ2v) is 4.60. The van der Waals surface area contributed by atoms with Crippen LogP contribution in [-0.2, 0) is 0 Å². The normalized spacial score (nSPS) is 25.4. The first-order valence-electron chi connectivity index (χ1n) is 5.72. The van der Waals surface area contributed by atoms with Crippen molar-refractivity contribution in [2.75, 3.05) is 5.32 Å². The van der Waals surface area contributed by atoms with Gasteiger partial charge in [-0.05, 0) is 18.8 Å². The first-order chi connectivity index (χ1) is 7.65. The van der Waals surface area contributed by atoms with Gasteiger partial charge in [-0.25, -0.2) is 13.8 Å². The average Bonchev–Trinajstić information content (AvgIpc) is 2.22. The van der Waals surface area contributed by atoms with Gasteiger partial charge in [0.1, 0.15) is 5.82 Å². The minimum absolute atomic E-state index is 0.167. The molecule has 1 fully saturated rings. The predicted molar refractivity (Wildman–Crippen MR) is 59.2 cm³/mol. The van der Waals surface area contributed by atoms with Crippen molar-refractivity contribution in [3.63, 3.8) is 0 Å². The highest BCUT2D eigenvalue weighted by Crippen LogP contribution is 2.26. The average molecular weight is 226 g/mol. The Labute approximate surface area is 94.1 Å². The van der Waals surface area contributed by atoms with Crippen molar-refractivity contribution >= 4 is 5.82 Å². The number of halogens is 2. The highest BCUT2D eigenvalue weighted by molar-refractivity contribution is 5.37. The smallest absolute Gasteiger partial charge is 0.168 e. The third-order valence-electron chi connectivity index (χ3n) is 3.09. The third kappa shape index (κ3) is 2.68. The number of rotatable bonds is 2. The fraction of sp³-hybridized carbons (Fsp3) is 0.583. The Morgan fingerprint density at radius 2 is 2.19 bits per heavy atom. The largest absolute Gasteiger partial charge is 0.365 e. The summed E-state index contributed by atoms with van der Waals surface area (Å²) in [6.07, 6.45) is 5.48. The first kappa shape index (κ1) is 11.3. The lowest BCUT2D eigenvalue weighted by molar-refractivity contribution is 0.357. The molecule has 1 aromatic rings. The molecule has 1 aromatic heterocycles. The summed E-state index contributed by atoms with van der Waals surface area (Å²) in [6.45, 7) is 2.20. The molecule has 16 heavy (non-hydrogen) atoms. The van der Waals surface area contributed by atoms with Gasteiger partial charge in [-0.1, -0.05) is 19.8 Å². The number of hydrogen-bond acceptors (Lipinski definition) is 2. The van der Waals surface area contributed by atoms with Gasteiger partial charge in [0.25, 0.3) is 0 Å². The second kappa shape index (κ2) is 4.76. The summed E-state index contributed by atoms with van der Waals surface area (Å²) in [5, 5.41) is 3.05. The van der Waals surface area contributed by atoms with Crippen molar-refractivity contribution in [2.24, 2.45) is 5.92 Å². The summed E-state index contributed by atoms with van der Waals surface area (Å²) < 4.78 is 26.0. The van der Waals surface area contributed by atoms with Gasteiger partial charge in [-0.3, -0.25) is 0 Å². The second-order valence-electron chi connectivity index (χ2n) is 4.60. The molecule has 0 bridgehead atoms. The van der Waals surface area contributed by atoms with E-state index in [1.54, 1.807) is 0 Å². The van der Waals surface area contributed by atoms with E-state index >= 15 is 0 Å². The molecule has 1 aliphatic rings. The van der Waals surface area contributed by atoms with E-state index < -0.39 is 11.6 Å². The van der Waals surface area contributed by atoms with E-state index in [2.05, 4.69) is 17.2 Å². The van der Waals surface area contributed by atoms with E-state index in [9.17, 15) is 8.78 Å². The van der Waals surface area contributed by atoms with Gasteiger partial charge in [0, 0.05) is 12.1 Å². The molecule has 2 atom stereocenters. The molecule has 0 spiro atoms. The number of aromatic nitrogens is 1. The van der Waals surface area contributed by atoms with Crippen LogP contribution >= 0.6 is 0 Å². The Morgan fingerprint density at radius 1 is 1.38 bits per heavy atom. The van der Waals surface area contributed by atoms with E-state index in [-0.39, 0.29) is 11.9 Å². The highest BCUT2D eigenvalue weighted by Gasteiger charge is 2.20. The summed E-state index contributed by atoms with van der Waals surface area (Å²) in [4.78, 5) is 3.74. The Bertz CT molecular complexity index is 368. The lowest BCUT2D eigenvalue weighted by atomic mass is 9.87. The first-order valence-corrected chi connectivity index (χ1v) is 5.72. The van der Waals surface area contributed by atoms with Crippen molar-refractivity contribution in [1.82, 2.24) is 4.98 Å². The van der Waals surface area contributed by atoms with Crippen LogP contribution < -0.4 is 5.32 Å². The summed E-state index contributed by atoms with van der Waals surface area (Å²) in [5.74, 6) is -0.423. The molecule has 0 radical (unpaired) electrons. The third-order valence-corrected chi connectivity index (χ3v) is 3.09. The van der Waals surface area contributed by atoms with Gasteiger partial charge in [-0.2, -0.15) is 0 Å². The van der Waals surface area contributed by atoms with Crippen LogP contribution in [0.1, 0.15) is 32.6 Å². The van der Waals surface area contributed by atoms with E-state index in [1.807, 2.05) is 0 Å². The van der Waals surface area contributed by atoms with E-state index in [0.717, 1.165) is 31.5 Å². The maximum absolute atomic E-state index is 13.3. The van der Waals surface area contributed by atoms with Crippen molar-refractivity contribution < 1.29 is 8.78 Å². The van der Waals surface area contributed by atoms with Gasteiger partial charge in [0.05, 0.1) is 6.20 Å². The van der Waals surface area contributed by atoms with Crippen LogP contribution in [0.15, 0.2) is 12.3 Å². The van der Waals surface area contributed by atoms with E-state index in [0.29, 0.717) is 5.92 Å². The maximum atomic E-state index is 13.3. The quantitative estimate of drug-likeness (QED) is 0.836. The Hall–Kier alpha value is -1.19. The molecule has 1 aliphatic carbocycles. The molecular weight excluding hydrogens is 210 g/mol. The van der Waals surface area contributed by atoms with Gasteiger partial charge < -0.3 is 5.32 Å². The topological polar surface area (TPSA) is 24.9 Å². The summed E-state index contributed by atoms with van der Waals surface area (Å²) in [7, 11) is 0. The summed E-state index contributed by atoms with van der Waals surface area (Å²) in [6, 6.07) is 1.12. The Morgan fingerprint density at radius 3 is 2.88 bits per heavy atom. The van der Waals surface area contributed by atoms with Crippen molar-refractivity contribution in [1.29, 1.82) is 0 Å². The minimum Gasteiger partial charge on any atom is -0.365 e. The molecule has 0 amide bonds. The van der Waals surface area contributed by atoms with Crippen molar-refractivity contribution in [3.05, 3.63) is 23.9 Å². The fourth-order valence-corrected chi connectivity index (χ4v) is 2.28. The lowest BCUT2D eigenvalue weighted by Crippen LogP contribution is -2.27. The zero-order chi connectivity index (χ0) is 11.5. The molecule has 2 rings (SSSR count). The van der Waals surface area contributed by atoms with Crippen LogP contribution in [0.3, 0.4) is 0 Å². The van der Waals surface area contributed by atoms with Crippen LogP contribution in [0.25, 0.3) is 0 Å². The Balaban J connectivity index is 2.02. The van der Waals surface area contributed by atoms with Gasteiger partial charge in [-0.15, -0.1) is 0 Å². The molecule has 0 aliphatic heterocycles. The molecule has 1 heterocycles. The van der Waals surface area contributed by atoms with E-state index in [4.69, 9.17) is 0 Å². The predicted octanol–water partition coefficient (Wildman–Crippen LogP) is 3.35. The van der Waals surface area contributed by atoms with Crippen molar-refractivity contribution in [2.45, 2.75) is 38.6 Å². The fourth-order valence-electron chi connectivity index (χ4n) is 2.28. The molecule has 1 N–H and O–H groups in total. The minimum atomic E-state index is -0.639. The Kier molecular flexibility index (Phi) is 3.36. The van der Waals surface area contributed by atoms with Crippen LogP contribution in [-0.4, -0.2) is 11.0 Å². The number of nitrogens with zero attached hydrogens (tertiary/aromatic N) is 1. The molecule has 1 saturated carbocycles. The van der Waals surface area contributed by atoms with Crippen LogP contribution in [0.5, 0.6) is 0 Å². The molecule has 2 unspecified atom stereocenters. The standard InChI is InChI=1S/C12H16F2N2/c1-8-3-2-4-10(5-8)16-12-11(14)6-9(13)7-15-12/h6-8,10H,2-5H2,1H3,(H,15,16). The molecule has 88 valence electrons. The van der Waals surface area contributed by atoms with Gasteiger partial charge in [0.15, 0.2) is 11.6 Å².